The minimum absolute atomic E-state index is 0.203. The highest BCUT2D eigenvalue weighted by atomic mass is 35.5. The van der Waals surface area contributed by atoms with Crippen LogP contribution in [0, 0.1) is 0 Å². The Morgan fingerprint density at radius 2 is 1.73 bits per heavy atom. The number of aromatic nitrogens is 2. The Morgan fingerprint density at radius 3 is 2.40 bits per heavy atom. The molecule has 1 amide bonds. The molecule has 3 aromatic carbocycles. The van der Waals surface area contributed by atoms with Gasteiger partial charge in [-0.3, -0.25) is 14.2 Å². The zero-order valence-electron chi connectivity index (χ0n) is 22.9. The lowest BCUT2D eigenvalue weighted by Crippen LogP contribution is -2.29. The van der Waals surface area contributed by atoms with E-state index in [9.17, 15) is 9.59 Å². The van der Waals surface area contributed by atoms with E-state index in [0.29, 0.717) is 70.0 Å². The molecule has 210 valence electrons. The van der Waals surface area contributed by atoms with Crippen LogP contribution in [-0.4, -0.2) is 41.5 Å². The van der Waals surface area contributed by atoms with E-state index in [1.54, 1.807) is 22.8 Å². The van der Waals surface area contributed by atoms with Crippen molar-refractivity contribution >= 4 is 45.9 Å². The summed E-state index contributed by atoms with van der Waals surface area (Å²) in [5.74, 6) is 1.31. The number of rotatable bonds is 12. The van der Waals surface area contributed by atoms with Gasteiger partial charge < -0.3 is 19.5 Å². The normalized spacial score (nSPS) is 11.7. The lowest BCUT2D eigenvalue weighted by Gasteiger charge is -2.19. The van der Waals surface area contributed by atoms with Crippen LogP contribution in [0.1, 0.15) is 25.8 Å². The second-order valence-corrected chi connectivity index (χ2v) is 10.5. The summed E-state index contributed by atoms with van der Waals surface area (Å²) < 4.78 is 18.2. The van der Waals surface area contributed by atoms with Gasteiger partial charge in [0.25, 0.3) is 5.56 Å². The van der Waals surface area contributed by atoms with Gasteiger partial charge in [-0.2, -0.15) is 0 Å². The van der Waals surface area contributed by atoms with Gasteiger partial charge in [0.1, 0.15) is 5.75 Å². The Labute approximate surface area is 242 Å². The van der Waals surface area contributed by atoms with Gasteiger partial charge >= 0.3 is 0 Å². The molecular formula is C30H32ClN3O5S. The van der Waals surface area contributed by atoms with Crippen LogP contribution in [0.2, 0.25) is 5.02 Å². The standard InChI is InChI=1S/C30H32ClN3O5S/c1-5-27(28(35)32-22-9-7-8-10-24(22)39-6-2)40-30-33-23-18-26(38-4)25(37-3)17-21(23)29(36)34(30)16-15-19-11-13-20(31)14-12-19/h7-14,17-18,27H,5-6,15-16H2,1-4H3,(H,32,35)/t27-/m0/s1. The van der Waals surface area contributed by atoms with Gasteiger partial charge in [0.15, 0.2) is 16.7 Å². The number of aryl methyl sites for hydroxylation is 1. The van der Waals surface area contributed by atoms with Crippen molar-refractivity contribution in [3.05, 3.63) is 81.6 Å². The fraction of sp³-hybridized carbons (Fsp3) is 0.300. The van der Waals surface area contributed by atoms with Crippen LogP contribution in [-0.2, 0) is 17.8 Å². The van der Waals surface area contributed by atoms with Gasteiger partial charge in [0.05, 0.1) is 42.7 Å². The minimum Gasteiger partial charge on any atom is -0.493 e. The molecule has 8 nitrogen and oxygen atoms in total. The summed E-state index contributed by atoms with van der Waals surface area (Å²) in [6.07, 6.45) is 1.10. The van der Waals surface area contributed by atoms with Gasteiger partial charge in [-0.15, -0.1) is 0 Å². The molecule has 0 aliphatic heterocycles. The van der Waals surface area contributed by atoms with E-state index >= 15 is 0 Å². The molecule has 0 radical (unpaired) electrons. The molecule has 0 bridgehead atoms. The Morgan fingerprint density at radius 1 is 1.02 bits per heavy atom. The number of hydrogen-bond donors (Lipinski definition) is 1. The molecule has 40 heavy (non-hydrogen) atoms. The summed E-state index contributed by atoms with van der Waals surface area (Å²) >= 11 is 7.31. The zero-order valence-corrected chi connectivity index (χ0v) is 24.5. The van der Waals surface area contributed by atoms with Crippen LogP contribution in [0.25, 0.3) is 10.9 Å². The van der Waals surface area contributed by atoms with E-state index in [0.717, 1.165) is 5.56 Å². The third-order valence-electron chi connectivity index (χ3n) is 6.32. The number of carbonyl (C=O) groups excluding carboxylic acids is 1. The number of carbonyl (C=O) groups is 1. The average molecular weight is 582 g/mol. The van der Waals surface area contributed by atoms with E-state index < -0.39 is 5.25 Å². The summed E-state index contributed by atoms with van der Waals surface area (Å²) in [4.78, 5) is 32.1. The third-order valence-corrected chi connectivity index (χ3v) is 7.92. The molecule has 4 aromatic rings. The number of anilines is 1. The molecule has 0 unspecified atom stereocenters. The first-order valence-electron chi connectivity index (χ1n) is 13.0. The molecule has 0 saturated heterocycles. The number of nitrogens with one attached hydrogen (secondary N) is 1. The Hall–Kier alpha value is -3.69. The second-order valence-electron chi connectivity index (χ2n) is 8.89. The van der Waals surface area contributed by atoms with Crippen molar-refractivity contribution in [1.82, 2.24) is 9.55 Å². The number of nitrogens with zero attached hydrogens (tertiary/aromatic N) is 2. The summed E-state index contributed by atoms with van der Waals surface area (Å²) in [5, 5.41) is 3.97. The molecule has 0 aliphatic carbocycles. The molecule has 10 heteroatoms. The molecule has 4 rings (SSSR count). The van der Waals surface area contributed by atoms with Gasteiger partial charge in [-0.05, 0) is 55.7 Å². The highest BCUT2D eigenvalue weighted by Crippen LogP contribution is 2.33. The van der Waals surface area contributed by atoms with Crippen LogP contribution < -0.4 is 25.1 Å². The highest BCUT2D eigenvalue weighted by molar-refractivity contribution is 8.00. The van der Waals surface area contributed by atoms with Gasteiger partial charge in [0.2, 0.25) is 5.91 Å². The number of thioether (sulfide) groups is 1. The maximum atomic E-state index is 13.8. The first kappa shape index (κ1) is 29.3. The lowest BCUT2D eigenvalue weighted by molar-refractivity contribution is -0.115. The number of ether oxygens (including phenoxy) is 3. The third kappa shape index (κ3) is 6.71. The Bertz CT molecular complexity index is 1540. The van der Waals surface area contributed by atoms with Crippen molar-refractivity contribution < 1.29 is 19.0 Å². The molecular weight excluding hydrogens is 550 g/mol. The highest BCUT2D eigenvalue weighted by Gasteiger charge is 2.24. The van der Waals surface area contributed by atoms with Crippen LogP contribution in [0.5, 0.6) is 17.2 Å². The smallest absolute Gasteiger partial charge is 0.262 e. The molecule has 0 fully saturated rings. The fourth-order valence-electron chi connectivity index (χ4n) is 4.22. The Balaban J connectivity index is 1.71. The molecule has 1 aromatic heterocycles. The molecule has 1 heterocycles. The number of para-hydroxylation sites is 2. The first-order valence-corrected chi connectivity index (χ1v) is 14.2. The van der Waals surface area contributed by atoms with Gasteiger partial charge in [0, 0.05) is 17.6 Å². The van der Waals surface area contributed by atoms with Gasteiger partial charge in [-0.1, -0.05) is 54.6 Å². The van der Waals surface area contributed by atoms with Crippen LogP contribution in [0.3, 0.4) is 0 Å². The van der Waals surface area contributed by atoms with E-state index in [-0.39, 0.29) is 11.5 Å². The summed E-state index contributed by atoms with van der Waals surface area (Å²) in [6, 6.07) is 18.1. The number of methoxy groups -OCH3 is 2. The molecule has 0 spiro atoms. The number of benzene rings is 3. The SMILES string of the molecule is CCOc1ccccc1NC(=O)[C@H](CC)Sc1nc2cc(OC)c(OC)cc2c(=O)n1CCc1ccc(Cl)cc1. The van der Waals surface area contributed by atoms with Crippen LogP contribution in [0.15, 0.2) is 70.6 Å². The molecule has 0 saturated carbocycles. The van der Waals surface area contributed by atoms with E-state index in [2.05, 4.69) is 5.32 Å². The lowest BCUT2D eigenvalue weighted by atomic mass is 10.1. The summed E-state index contributed by atoms with van der Waals surface area (Å²) in [6.45, 7) is 4.67. The van der Waals surface area contributed by atoms with E-state index in [4.69, 9.17) is 30.8 Å². The van der Waals surface area contributed by atoms with Crippen molar-refractivity contribution in [2.75, 3.05) is 26.1 Å². The number of amides is 1. The monoisotopic (exact) mass is 581 g/mol. The van der Waals surface area contributed by atoms with Crippen LogP contribution in [0.4, 0.5) is 5.69 Å². The Kier molecular flexibility index (Phi) is 9.95. The number of halogens is 1. The predicted molar refractivity (Wildman–Crippen MR) is 160 cm³/mol. The quantitative estimate of drug-likeness (QED) is 0.157. The molecule has 1 atom stereocenters. The maximum Gasteiger partial charge on any atom is 0.262 e. The fourth-order valence-corrected chi connectivity index (χ4v) is 5.39. The van der Waals surface area contributed by atoms with Crippen LogP contribution >= 0.6 is 23.4 Å². The largest absolute Gasteiger partial charge is 0.493 e. The number of hydrogen-bond acceptors (Lipinski definition) is 7. The minimum atomic E-state index is -0.513. The maximum absolute atomic E-state index is 13.8. The predicted octanol–water partition coefficient (Wildman–Crippen LogP) is 6.22. The second kappa shape index (κ2) is 13.6. The first-order chi connectivity index (χ1) is 19.4. The molecule has 0 aliphatic rings. The zero-order chi connectivity index (χ0) is 28.6. The summed E-state index contributed by atoms with van der Waals surface area (Å²) in [7, 11) is 3.05. The van der Waals surface area contributed by atoms with Crippen molar-refractivity contribution in [2.24, 2.45) is 0 Å². The molecule has 1 N–H and O–H groups in total. The van der Waals surface area contributed by atoms with Crippen molar-refractivity contribution in [2.45, 2.75) is 43.6 Å². The topological polar surface area (TPSA) is 91.7 Å². The van der Waals surface area contributed by atoms with E-state index in [1.807, 2.05) is 56.3 Å². The van der Waals surface area contributed by atoms with Gasteiger partial charge in [-0.25, -0.2) is 4.98 Å². The number of fused-ring (bicyclic) bond motifs is 1. The average Bonchev–Trinajstić information content (AvgIpc) is 2.96. The van der Waals surface area contributed by atoms with Crippen molar-refractivity contribution in [3.8, 4) is 17.2 Å². The summed E-state index contributed by atoms with van der Waals surface area (Å²) in [5.41, 5.74) is 1.86. The van der Waals surface area contributed by atoms with Crippen molar-refractivity contribution in [3.63, 3.8) is 0 Å². The van der Waals surface area contributed by atoms with E-state index in [1.165, 1.54) is 26.0 Å². The van der Waals surface area contributed by atoms with Crippen molar-refractivity contribution in [1.29, 1.82) is 0 Å².